The highest BCUT2D eigenvalue weighted by Gasteiger charge is 2.42. The number of amides is 7. The minimum absolute atomic E-state index is 0.00619. The maximum atomic E-state index is 14.2. The van der Waals surface area contributed by atoms with Gasteiger partial charge in [0.25, 0.3) is 0 Å². The fraction of sp³-hybridized carbons (Fsp3) is 0.711. The van der Waals surface area contributed by atoms with E-state index < -0.39 is 48.1 Å². The molecule has 1 aromatic rings. The molecule has 0 bridgehead atoms. The second kappa shape index (κ2) is 26.9. The summed E-state index contributed by atoms with van der Waals surface area (Å²) in [4.78, 5) is 95.4. The van der Waals surface area contributed by atoms with Crippen LogP contribution in [0.15, 0.2) is 24.3 Å². The SMILES string of the molecule is CCC(C)C(C(CC(=O)N1CCCC1C(OC)C(C)C(=O)NC(CN)Cc1ccc(NC(=O)CNC(=O)C(NC=O)C(C)C)cc1)OC)N(C)C(=O)CNC(=O)C(C(C)C)N(C)C. The zero-order valence-electron chi connectivity index (χ0n) is 39.7. The Labute approximate surface area is 374 Å². The Hall–Kier alpha value is -4.65. The minimum atomic E-state index is -0.753. The van der Waals surface area contributed by atoms with Crippen LogP contribution in [0.3, 0.4) is 0 Å². The van der Waals surface area contributed by atoms with Gasteiger partial charge in [-0.15, -0.1) is 0 Å². The first kappa shape index (κ1) is 54.5. The van der Waals surface area contributed by atoms with Gasteiger partial charge in [0, 0.05) is 46.1 Å². The number of carbonyl (C=O) groups is 7. The van der Waals surface area contributed by atoms with E-state index in [4.69, 9.17) is 15.2 Å². The predicted molar refractivity (Wildman–Crippen MR) is 242 cm³/mol. The third-order valence-electron chi connectivity index (χ3n) is 12.1. The Morgan fingerprint density at radius 3 is 2.05 bits per heavy atom. The Morgan fingerprint density at radius 2 is 1.52 bits per heavy atom. The van der Waals surface area contributed by atoms with Crippen molar-refractivity contribution in [1.29, 1.82) is 0 Å². The summed E-state index contributed by atoms with van der Waals surface area (Å²) in [5, 5.41) is 13.6. The van der Waals surface area contributed by atoms with E-state index in [-0.39, 0.29) is 79.5 Å². The zero-order valence-corrected chi connectivity index (χ0v) is 39.7. The fourth-order valence-electron chi connectivity index (χ4n) is 8.51. The number of hydrogen-bond donors (Lipinski definition) is 6. The van der Waals surface area contributed by atoms with Crippen LogP contribution in [0.4, 0.5) is 5.69 Å². The molecule has 0 aliphatic carbocycles. The molecule has 18 heteroatoms. The monoisotopic (exact) mass is 888 g/mol. The number of hydrogen-bond acceptors (Lipinski definition) is 11. The van der Waals surface area contributed by atoms with Gasteiger partial charge >= 0.3 is 0 Å². The lowest BCUT2D eigenvalue weighted by Crippen LogP contribution is -2.55. The first-order valence-corrected chi connectivity index (χ1v) is 22.2. The molecule has 0 aromatic heterocycles. The van der Waals surface area contributed by atoms with Crippen LogP contribution in [0.25, 0.3) is 0 Å². The van der Waals surface area contributed by atoms with E-state index in [1.807, 2.05) is 58.8 Å². The maximum Gasteiger partial charge on any atom is 0.243 e. The first-order chi connectivity index (χ1) is 29.8. The first-order valence-electron chi connectivity index (χ1n) is 22.2. The number of likely N-dealkylation sites (N-methyl/N-ethyl adjacent to an activating group) is 2. The number of anilines is 1. The average Bonchev–Trinajstić information content (AvgIpc) is 3.73. The number of carbonyl (C=O) groups excluding carboxylic acids is 7. The smallest absolute Gasteiger partial charge is 0.243 e. The molecule has 18 nitrogen and oxygen atoms in total. The molecule has 7 N–H and O–H groups in total. The van der Waals surface area contributed by atoms with Gasteiger partial charge in [-0.1, -0.05) is 67.0 Å². The van der Waals surface area contributed by atoms with Crippen LogP contribution < -0.4 is 32.3 Å². The lowest BCUT2D eigenvalue weighted by molar-refractivity contribution is -0.146. The van der Waals surface area contributed by atoms with Crippen LogP contribution in [-0.4, -0.2) is 161 Å². The molecule has 356 valence electrons. The molecule has 1 aliphatic rings. The largest absolute Gasteiger partial charge is 0.379 e. The molecule has 9 atom stereocenters. The summed E-state index contributed by atoms with van der Waals surface area (Å²) in [5.74, 6) is -2.62. The average molecular weight is 888 g/mol. The van der Waals surface area contributed by atoms with Crippen LogP contribution in [0.2, 0.25) is 0 Å². The Balaban J connectivity index is 2.07. The van der Waals surface area contributed by atoms with Crippen LogP contribution in [0, 0.1) is 23.7 Å². The van der Waals surface area contributed by atoms with Crippen molar-refractivity contribution >= 4 is 47.5 Å². The predicted octanol–water partition coefficient (Wildman–Crippen LogP) is 1.12. The molecule has 0 radical (unpaired) electrons. The van der Waals surface area contributed by atoms with Crippen molar-refractivity contribution in [3.8, 4) is 0 Å². The summed E-state index contributed by atoms with van der Waals surface area (Å²) in [6, 6.07) is 4.67. The third-order valence-corrected chi connectivity index (χ3v) is 12.1. The number of likely N-dealkylation sites (tertiary alicyclic amines) is 1. The van der Waals surface area contributed by atoms with E-state index in [2.05, 4.69) is 26.6 Å². The summed E-state index contributed by atoms with van der Waals surface area (Å²) in [7, 11) is 8.41. The number of nitrogens with two attached hydrogens (primary N) is 1. The van der Waals surface area contributed by atoms with Crippen molar-refractivity contribution in [2.24, 2.45) is 29.4 Å². The minimum Gasteiger partial charge on any atom is -0.379 e. The maximum absolute atomic E-state index is 14.2. The van der Waals surface area contributed by atoms with Gasteiger partial charge in [-0.25, -0.2) is 0 Å². The Kier molecular flexibility index (Phi) is 23.2. The molecule has 0 saturated carbocycles. The van der Waals surface area contributed by atoms with Crippen molar-refractivity contribution < 1.29 is 43.0 Å². The van der Waals surface area contributed by atoms with Gasteiger partial charge in [0.15, 0.2) is 0 Å². The highest BCUT2D eigenvalue weighted by atomic mass is 16.5. The van der Waals surface area contributed by atoms with Crippen LogP contribution in [0.5, 0.6) is 0 Å². The molecule has 1 heterocycles. The molecule has 9 unspecified atom stereocenters. The third kappa shape index (κ3) is 16.1. The van der Waals surface area contributed by atoms with E-state index >= 15 is 0 Å². The Morgan fingerprint density at radius 1 is 0.889 bits per heavy atom. The number of benzene rings is 1. The molecule has 1 aromatic carbocycles. The molecule has 0 spiro atoms. The lowest BCUT2D eigenvalue weighted by atomic mass is 9.90. The van der Waals surface area contributed by atoms with Gasteiger partial charge in [-0.05, 0) is 68.8 Å². The van der Waals surface area contributed by atoms with Gasteiger partial charge in [0.1, 0.15) is 6.04 Å². The van der Waals surface area contributed by atoms with Gasteiger partial charge < -0.3 is 51.6 Å². The van der Waals surface area contributed by atoms with Crippen molar-refractivity contribution in [2.45, 2.75) is 123 Å². The molecule has 1 aliphatic heterocycles. The van der Waals surface area contributed by atoms with E-state index in [0.29, 0.717) is 31.5 Å². The second-order valence-electron chi connectivity index (χ2n) is 17.6. The molecular weight excluding hydrogens is 811 g/mol. The molecule has 1 fully saturated rings. The van der Waals surface area contributed by atoms with Crippen molar-refractivity contribution in [1.82, 2.24) is 36.0 Å². The summed E-state index contributed by atoms with van der Waals surface area (Å²) in [6.07, 6.45) is 1.72. The standard InChI is InChI=1S/C45H77N9O9/c1-13-29(6)41(53(10)38(58)25-48-45(61)40(28(4)5)52(8)9)35(62-11)22-37(57)54-20-14-15-34(54)42(63-12)30(7)43(59)51-33(23-46)21-31-16-18-32(19-17-31)50-36(56)24-47-44(60)39(27(2)3)49-26-55/h16-19,26-30,33-35,39-42H,13-15,20-25,46H2,1-12H3,(H,47,60)(H,48,61)(H,49,55)(H,50,56)(H,51,59). The number of nitrogens with zero attached hydrogens (tertiary/aromatic N) is 3. The van der Waals surface area contributed by atoms with Crippen molar-refractivity contribution in [3.63, 3.8) is 0 Å². The van der Waals surface area contributed by atoms with E-state index in [1.165, 1.54) is 14.2 Å². The van der Waals surface area contributed by atoms with Gasteiger partial charge in [0.2, 0.25) is 41.9 Å². The van der Waals surface area contributed by atoms with Crippen LogP contribution in [0.1, 0.15) is 79.7 Å². The number of nitrogens with one attached hydrogen (secondary N) is 5. The summed E-state index contributed by atoms with van der Waals surface area (Å²) in [6.45, 7) is 13.5. The molecular formula is C45H77N9O9. The quantitative estimate of drug-likeness (QED) is 0.0686. The lowest BCUT2D eigenvalue weighted by Gasteiger charge is -2.39. The number of rotatable bonds is 27. The summed E-state index contributed by atoms with van der Waals surface area (Å²) in [5.41, 5.74) is 7.50. The second-order valence-corrected chi connectivity index (χ2v) is 17.6. The van der Waals surface area contributed by atoms with Crippen LogP contribution >= 0.6 is 0 Å². The Bertz CT molecular complexity index is 1640. The van der Waals surface area contributed by atoms with Gasteiger partial charge in [-0.2, -0.15) is 0 Å². The summed E-state index contributed by atoms with van der Waals surface area (Å²) < 4.78 is 11.9. The van der Waals surface area contributed by atoms with E-state index in [0.717, 1.165) is 18.4 Å². The van der Waals surface area contributed by atoms with Gasteiger partial charge in [-0.3, -0.25) is 38.5 Å². The van der Waals surface area contributed by atoms with Crippen molar-refractivity contribution in [3.05, 3.63) is 29.8 Å². The number of ether oxygens (including phenoxy) is 2. The summed E-state index contributed by atoms with van der Waals surface area (Å²) >= 11 is 0. The highest BCUT2D eigenvalue weighted by molar-refractivity contribution is 5.95. The zero-order chi connectivity index (χ0) is 47.6. The van der Waals surface area contributed by atoms with Gasteiger partial charge in [0.05, 0.1) is 55.8 Å². The van der Waals surface area contributed by atoms with E-state index in [9.17, 15) is 33.6 Å². The van der Waals surface area contributed by atoms with Crippen molar-refractivity contribution in [2.75, 3.05) is 66.9 Å². The molecule has 1 saturated heterocycles. The van der Waals surface area contributed by atoms with E-state index in [1.54, 1.807) is 49.8 Å². The highest BCUT2D eigenvalue weighted by Crippen LogP contribution is 2.29. The molecule has 2 rings (SSSR count). The van der Waals surface area contributed by atoms with Crippen LogP contribution in [-0.2, 0) is 49.5 Å². The number of methoxy groups -OCH3 is 2. The fourth-order valence-corrected chi connectivity index (χ4v) is 8.51. The normalized spacial score (nSPS) is 17.8. The molecule has 63 heavy (non-hydrogen) atoms. The topological polar surface area (TPSA) is 234 Å². The molecule has 7 amide bonds.